The largest absolute Gasteiger partial charge is 0.383 e. The van der Waals surface area contributed by atoms with Crippen LogP contribution < -0.4 is 5.32 Å². The molecule has 1 heterocycles. The molecule has 0 aliphatic heterocycles. The zero-order valence-corrected chi connectivity index (χ0v) is 13.7. The number of hydrogen-bond donors (Lipinski definition) is 1. The van der Waals surface area contributed by atoms with Gasteiger partial charge in [0.05, 0.1) is 11.1 Å². The smallest absolute Gasteiger partial charge is 0.115 e. The van der Waals surface area contributed by atoms with E-state index in [0.29, 0.717) is 0 Å². The standard InChI is InChI=1S/C15H17BrN2OS/c1-19-10-9-17-11-12-4-6-13(7-5-12)20-15-14(16)3-2-8-18-15/h2-8,17H,9-11H2,1H3. The van der Waals surface area contributed by atoms with Crippen LogP contribution in [0.25, 0.3) is 0 Å². The second-order valence-corrected chi connectivity index (χ2v) is 6.12. The van der Waals surface area contributed by atoms with Gasteiger partial charge in [0.15, 0.2) is 0 Å². The van der Waals surface area contributed by atoms with Crippen molar-refractivity contribution in [2.45, 2.75) is 16.5 Å². The Kier molecular flexibility index (Phi) is 6.53. The highest BCUT2D eigenvalue weighted by Gasteiger charge is 2.03. The Morgan fingerprint density at radius 3 is 2.75 bits per heavy atom. The highest BCUT2D eigenvalue weighted by Crippen LogP contribution is 2.31. The summed E-state index contributed by atoms with van der Waals surface area (Å²) in [5, 5.41) is 4.31. The van der Waals surface area contributed by atoms with Gasteiger partial charge in [0.2, 0.25) is 0 Å². The van der Waals surface area contributed by atoms with Crippen LogP contribution >= 0.6 is 27.7 Å². The molecule has 2 rings (SSSR count). The van der Waals surface area contributed by atoms with Crippen LogP contribution in [0.1, 0.15) is 5.56 Å². The summed E-state index contributed by atoms with van der Waals surface area (Å²) in [5.74, 6) is 0. The van der Waals surface area contributed by atoms with Crippen molar-refractivity contribution >= 4 is 27.7 Å². The molecule has 0 saturated carbocycles. The molecule has 1 N–H and O–H groups in total. The Hall–Kier alpha value is -0.880. The molecule has 0 unspecified atom stereocenters. The Bertz CT molecular complexity index is 534. The summed E-state index contributed by atoms with van der Waals surface area (Å²) in [6.45, 7) is 2.47. The fraction of sp³-hybridized carbons (Fsp3) is 0.267. The first-order valence-corrected chi connectivity index (χ1v) is 7.97. The van der Waals surface area contributed by atoms with Gasteiger partial charge in [-0.1, -0.05) is 23.9 Å². The number of rotatable bonds is 7. The average molecular weight is 353 g/mol. The predicted octanol–water partition coefficient (Wildman–Crippen LogP) is 3.73. The van der Waals surface area contributed by atoms with Crippen molar-refractivity contribution in [1.82, 2.24) is 10.3 Å². The van der Waals surface area contributed by atoms with Gasteiger partial charge in [-0.15, -0.1) is 0 Å². The summed E-state index contributed by atoms with van der Waals surface area (Å²) in [4.78, 5) is 5.54. The normalized spacial score (nSPS) is 10.7. The summed E-state index contributed by atoms with van der Waals surface area (Å²) in [6, 6.07) is 12.4. The van der Waals surface area contributed by atoms with Crippen LogP contribution in [-0.4, -0.2) is 25.2 Å². The van der Waals surface area contributed by atoms with Crippen molar-refractivity contribution in [2.75, 3.05) is 20.3 Å². The van der Waals surface area contributed by atoms with Crippen molar-refractivity contribution in [1.29, 1.82) is 0 Å². The van der Waals surface area contributed by atoms with E-state index < -0.39 is 0 Å². The Morgan fingerprint density at radius 1 is 1.25 bits per heavy atom. The summed E-state index contributed by atoms with van der Waals surface area (Å²) < 4.78 is 6.02. The minimum absolute atomic E-state index is 0.738. The van der Waals surface area contributed by atoms with Crippen molar-refractivity contribution in [3.05, 3.63) is 52.6 Å². The van der Waals surface area contributed by atoms with E-state index >= 15 is 0 Å². The predicted molar refractivity (Wildman–Crippen MR) is 86.1 cm³/mol. The first kappa shape index (κ1) is 15.5. The maximum Gasteiger partial charge on any atom is 0.115 e. The van der Waals surface area contributed by atoms with E-state index in [1.165, 1.54) is 10.5 Å². The second kappa shape index (κ2) is 8.42. The molecule has 0 aliphatic carbocycles. The van der Waals surface area contributed by atoms with Crippen molar-refractivity contribution in [3.8, 4) is 0 Å². The lowest BCUT2D eigenvalue weighted by Crippen LogP contribution is -2.18. The van der Waals surface area contributed by atoms with Crippen molar-refractivity contribution in [3.63, 3.8) is 0 Å². The van der Waals surface area contributed by atoms with Crippen molar-refractivity contribution in [2.24, 2.45) is 0 Å². The third kappa shape index (κ3) is 4.90. The van der Waals surface area contributed by atoms with Gasteiger partial charge in [-0.3, -0.25) is 0 Å². The summed E-state index contributed by atoms with van der Waals surface area (Å²) in [5.41, 5.74) is 1.27. The number of nitrogens with one attached hydrogen (secondary N) is 1. The molecule has 0 atom stereocenters. The zero-order chi connectivity index (χ0) is 14.2. The Morgan fingerprint density at radius 2 is 2.05 bits per heavy atom. The molecule has 2 aromatic rings. The fourth-order valence-corrected chi connectivity index (χ4v) is 2.91. The quantitative estimate of drug-likeness (QED) is 0.769. The third-order valence-electron chi connectivity index (χ3n) is 2.67. The van der Waals surface area contributed by atoms with E-state index in [1.54, 1.807) is 25.1 Å². The first-order chi connectivity index (χ1) is 9.79. The molecule has 0 radical (unpaired) electrons. The minimum Gasteiger partial charge on any atom is -0.383 e. The first-order valence-electron chi connectivity index (χ1n) is 6.36. The van der Waals surface area contributed by atoms with Gasteiger partial charge in [-0.2, -0.15) is 0 Å². The number of hydrogen-bond acceptors (Lipinski definition) is 4. The monoisotopic (exact) mass is 352 g/mol. The number of benzene rings is 1. The number of ether oxygens (including phenoxy) is 1. The van der Waals surface area contributed by atoms with Crippen LogP contribution in [0.2, 0.25) is 0 Å². The molecular formula is C15H17BrN2OS. The average Bonchev–Trinajstić information content (AvgIpc) is 2.48. The molecule has 0 amide bonds. The topological polar surface area (TPSA) is 34.1 Å². The SMILES string of the molecule is COCCNCc1ccc(Sc2ncccc2Br)cc1. The van der Waals surface area contributed by atoms with E-state index in [9.17, 15) is 0 Å². The summed E-state index contributed by atoms with van der Waals surface area (Å²) in [6.07, 6.45) is 1.81. The molecule has 1 aromatic carbocycles. The molecule has 1 aromatic heterocycles. The number of nitrogens with zero attached hydrogens (tertiary/aromatic N) is 1. The van der Waals surface area contributed by atoms with Crippen LogP contribution in [-0.2, 0) is 11.3 Å². The molecular weight excluding hydrogens is 336 g/mol. The number of pyridine rings is 1. The second-order valence-electron chi connectivity index (χ2n) is 4.21. The summed E-state index contributed by atoms with van der Waals surface area (Å²) in [7, 11) is 1.71. The van der Waals surface area contributed by atoms with Crippen LogP contribution in [0.5, 0.6) is 0 Å². The Labute approximate surface area is 132 Å². The van der Waals surface area contributed by atoms with E-state index in [2.05, 4.69) is 50.5 Å². The minimum atomic E-state index is 0.738. The molecule has 0 fully saturated rings. The number of halogens is 1. The molecule has 0 bridgehead atoms. The zero-order valence-electron chi connectivity index (χ0n) is 11.3. The van der Waals surface area contributed by atoms with Crippen molar-refractivity contribution < 1.29 is 4.74 Å². The van der Waals surface area contributed by atoms with Crippen LogP contribution in [0.4, 0.5) is 0 Å². The maximum atomic E-state index is 5.00. The molecule has 0 saturated heterocycles. The number of aromatic nitrogens is 1. The molecule has 0 spiro atoms. The summed E-state index contributed by atoms with van der Waals surface area (Å²) >= 11 is 5.17. The van der Waals surface area contributed by atoms with Gasteiger partial charge in [-0.05, 0) is 45.8 Å². The maximum absolute atomic E-state index is 5.00. The lowest BCUT2D eigenvalue weighted by atomic mass is 10.2. The number of methoxy groups -OCH3 is 1. The van der Waals surface area contributed by atoms with Gasteiger partial charge in [-0.25, -0.2) is 4.98 Å². The molecule has 5 heteroatoms. The van der Waals surface area contributed by atoms with E-state index in [-0.39, 0.29) is 0 Å². The van der Waals surface area contributed by atoms with E-state index in [4.69, 9.17) is 4.74 Å². The van der Waals surface area contributed by atoms with E-state index in [1.807, 2.05) is 12.1 Å². The third-order valence-corrected chi connectivity index (χ3v) is 4.60. The van der Waals surface area contributed by atoms with Gasteiger partial charge in [0, 0.05) is 31.3 Å². The van der Waals surface area contributed by atoms with Crippen LogP contribution in [0.15, 0.2) is 57.0 Å². The highest BCUT2D eigenvalue weighted by molar-refractivity contribution is 9.10. The Balaban J connectivity index is 1.90. The fourth-order valence-electron chi connectivity index (χ4n) is 1.64. The van der Waals surface area contributed by atoms with Gasteiger partial charge in [0.25, 0.3) is 0 Å². The van der Waals surface area contributed by atoms with E-state index in [0.717, 1.165) is 29.2 Å². The van der Waals surface area contributed by atoms with Crippen LogP contribution in [0, 0.1) is 0 Å². The van der Waals surface area contributed by atoms with Gasteiger partial charge < -0.3 is 10.1 Å². The lowest BCUT2D eigenvalue weighted by Gasteiger charge is -2.06. The van der Waals surface area contributed by atoms with Gasteiger partial charge >= 0.3 is 0 Å². The molecule has 106 valence electrons. The van der Waals surface area contributed by atoms with Crippen LogP contribution in [0.3, 0.4) is 0 Å². The highest BCUT2D eigenvalue weighted by atomic mass is 79.9. The molecule has 0 aliphatic rings. The molecule has 20 heavy (non-hydrogen) atoms. The lowest BCUT2D eigenvalue weighted by molar-refractivity contribution is 0.199. The van der Waals surface area contributed by atoms with Gasteiger partial charge in [0.1, 0.15) is 5.03 Å². The molecule has 3 nitrogen and oxygen atoms in total.